The van der Waals surface area contributed by atoms with Gasteiger partial charge >= 0.3 is 0 Å². The Bertz CT molecular complexity index is 364. The number of hydrogen-bond donors (Lipinski definition) is 3. The average Bonchev–Trinajstić information content (AvgIpc) is 2.87. The Labute approximate surface area is 89.0 Å². The summed E-state index contributed by atoms with van der Waals surface area (Å²) in [5.41, 5.74) is 8.55. The number of nitrogens with two attached hydrogens (primary N) is 1. The summed E-state index contributed by atoms with van der Waals surface area (Å²) in [4.78, 5) is 0. The van der Waals surface area contributed by atoms with Crippen LogP contribution in [0, 0.1) is 0 Å². The highest BCUT2D eigenvalue weighted by atomic mass is 15.4. The minimum atomic E-state index is 0.454. The van der Waals surface area contributed by atoms with Crippen LogP contribution in [0.5, 0.6) is 0 Å². The zero-order valence-electron chi connectivity index (χ0n) is 8.79. The Kier molecular flexibility index (Phi) is 2.14. The lowest BCUT2D eigenvalue weighted by Crippen LogP contribution is -2.23. The van der Waals surface area contributed by atoms with Gasteiger partial charge in [-0.05, 0) is 13.0 Å². The van der Waals surface area contributed by atoms with Gasteiger partial charge in [0.05, 0.1) is 11.7 Å². The fourth-order valence-corrected chi connectivity index (χ4v) is 2.47. The normalized spacial score (nSPS) is 25.5. The molecule has 1 saturated heterocycles. The molecule has 5 heteroatoms. The van der Waals surface area contributed by atoms with E-state index in [-0.39, 0.29) is 0 Å². The van der Waals surface area contributed by atoms with E-state index in [4.69, 9.17) is 5.73 Å². The molecular weight excluding hydrogens is 190 g/mol. The molecule has 0 aliphatic carbocycles. The lowest BCUT2D eigenvalue weighted by atomic mass is 10.1. The summed E-state index contributed by atoms with van der Waals surface area (Å²) in [5, 5.41) is 11.3. The molecule has 0 radical (unpaired) electrons. The second-order valence-corrected chi connectivity index (χ2v) is 4.33. The Morgan fingerprint density at radius 2 is 2.27 bits per heavy atom. The zero-order chi connectivity index (χ0) is 10.3. The first kappa shape index (κ1) is 9.18. The predicted octanol–water partition coefficient (Wildman–Crippen LogP) is -0.355. The van der Waals surface area contributed by atoms with Gasteiger partial charge in [-0.15, -0.1) is 0 Å². The molecule has 5 nitrogen and oxygen atoms in total. The summed E-state index contributed by atoms with van der Waals surface area (Å²) in [6.45, 7) is 3.97. The van der Waals surface area contributed by atoms with E-state index in [2.05, 4.69) is 15.7 Å². The molecule has 2 aliphatic heterocycles. The maximum Gasteiger partial charge on any atom is 0.126 e. The summed E-state index contributed by atoms with van der Waals surface area (Å²) in [7, 11) is 0. The molecule has 0 aromatic carbocycles. The van der Waals surface area contributed by atoms with Crippen LogP contribution >= 0.6 is 0 Å². The van der Waals surface area contributed by atoms with Crippen molar-refractivity contribution in [1.82, 2.24) is 20.4 Å². The number of anilines is 1. The molecule has 1 aromatic rings. The summed E-state index contributed by atoms with van der Waals surface area (Å²) in [6.07, 6.45) is 2.14. The van der Waals surface area contributed by atoms with E-state index in [0.29, 0.717) is 6.04 Å². The van der Waals surface area contributed by atoms with Gasteiger partial charge in [0.15, 0.2) is 0 Å². The van der Waals surface area contributed by atoms with E-state index in [0.717, 1.165) is 44.8 Å². The van der Waals surface area contributed by atoms with E-state index < -0.39 is 0 Å². The van der Waals surface area contributed by atoms with Crippen LogP contribution in [0.25, 0.3) is 0 Å². The standard InChI is InChI=1S/C10H17N5/c11-10-8-6-13-4-2-9(8)14-15(10)7-1-3-12-5-7/h7,12-13H,1-6,11H2. The van der Waals surface area contributed by atoms with Gasteiger partial charge in [0.25, 0.3) is 0 Å². The molecule has 0 spiro atoms. The summed E-state index contributed by atoms with van der Waals surface area (Å²) >= 11 is 0. The quantitative estimate of drug-likeness (QED) is 0.588. The lowest BCUT2D eigenvalue weighted by molar-refractivity contribution is 0.492. The van der Waals surface area contributed by atoms with Crippen LogP contribution in [0.2, 0.25) is 0 Å². The number of fused-ring (bicyclic) bond motifs is 1. The van der Waals surface area contributed by atoms with Gasteiger partial charge in [-0.1, -0.05) is 0 Å². The van der Waals surface area contributed by atoms with Gasteiger partial charge in [-0.25, -0.2) is 4.68 Å². The molecule has 1 aromatic heterocycles. The highest BCUT2D eigenvalue weighted by molar-refractivity contribution is 5.45. The smallest absolute Gasteiger partial charge is 0.126 e. The van der Waals surface area contributed by atoms with Crippen LogP contribution in [0.4, 0.5) is 5.82 Å². The molecule has 3 rings (SSSR count). The van der Waals surface area contributed by atoms with Crippen molar-refractivity contribution in [2.75, 3.05) is 25.4 Å². The number of nitrogens with one attached hydrogen (secondary N) is 2. The fraction of sp³-hybridized carbons (Fsp3) is 0.700. The summed E-state index contributed by atoms with van der Waals surface area (Å²) in [6, 6.07) is 0.454. The molecule has 0 bridgehead atoms. The largest absolute Gasteiger partial charge is 0.384 e. The second kappa shape index (κ2) is 3.50. The van der Waals surface area contributed by atoms with Gasteiger partial charge in [0.1, 0.15) is 5.82 Å². The van der Waals surface area contributed by atoms with Crippen molar-refractivity contribution in [2.45, 2.75) is 25.4 Å². The minimum absolute atomic E-state index is 0.454. The number of rotatable bonds is 1. The van der Waals surface area contributed by atoms with Gasteiger partial charge in [0.2, 0.25) is 0 Å². The fourth-order valence-electron chi connectivity index (χ4n) is 2.47. The van der Waals surface area contributed by atoms with Gasteiger partial charge in [-0.2, -0.15) is 5.10 Å². The number of nitrogen functional groups attached to an aromatic ring is 1. The Morgan fingerprint density at radius 3 is 3.00 bits per heavy atom. The van der Waals surface area contributed by atoms with Crippen molar-refractivity contribution in [3.8, 4) is 0 Å². The highest BCUT2D eigenvalue weighted by Crippen LogP contribution is 2.25. The van der Waals surface area contributed by atoms with Gasteiger partial charge in [0, 0.05) is 31.6 Å². The molecule has 0 saturated carbocycles. The van der Waals surface area contributed by atoms with E-state index in [1.165, 1.54) is 11.3 Å². The third-order valence-corrected chi connectivity index (χ3v) is 3.35. The van der Waals surface area contributed by atoms with Crippen molar-refractivity contribution in [3.63, 3.8) is 0 Å². The monoisotopic (exact) mass is 207 g/mol. The maximum absolute atomic E-state index is 6.14. The lowest BCUT2D eigenvalue weighted by Gasteiger charge is -2.12. The Morgan fingerprint density at radius 1 is 1.33 bits per heavy atom. The van der Waals surface area contributed by atoms with Gasteiger partial charge in [-0.3, -0.25) is 0 Å². The summed E-state index contributed by atoms with van der Waals surface area (Å²) in [5.74, 6) is 0.867. The number of aromatic nitrogens is 2. The second-order valence-electron chi connectivity index (χ2n) is 4.33. The molecule has 82 valence electrons. The van der Waals surface area contributed by atoms with Crippen molar-refractivity contribution in [2.24, 2.45) is 0 Å². The Hall–Kier alpha value is -1.07. The minimum Gasteiger partial charge on any atom is -0.384 e. The van der Waals surface area contributed by atoms with E-state index in [1.807, 2.05) is 4.68 Å². The van der Waals surface area contributed by atoms with Crippen LogP contribution in [-0.2, 0) is 13.0 Å². The molecule has 4 N–H and O–H groups in total. The molecule has 15 heavy (non-hydrogen) atoms. The van der Waals surface area contributed by atoms with Crippen LogP contribution in [0.1, 0.15) is 23.7 Å². The van der Waals surface area contributed by atoms with E-state index >= 15 is 0 Å². The van der Waals surface area contributed by atoms with Crippen LogP contribution in [-0.4, -0.2) is 29.4 Å². The first-order chi connectivity index (χ1) is 7.36. The SMILES string of the molecule is Nc1c2c(nn1C1CCNC1)CCNC2. The number of hydrogen-bond acceptors (Lipinski definition) is 4. The molecule has 2 aliphatic rings. The predicted molar refractivity (Wildman–Crippen MR) is 58.6 cm³/mol. The maximum atomic E-state index is 6.14. The van der Waals surface area contributed by atoms with Crippen LogP contribution in [0.3, 0.4) is 0 Å². The summed E-state index contributed by atoms with van der Waals surface area (Å²) < 4.78 is 2.03. The van der Waals surface area contributed by atoms with Crippen LogP contribution < -0.4 is 16.4 Å². The van der Waals surface area contributed by atoms with E-state index in [9.17, 15) is 0 Å². The van der Waals surface area contributed by atoms with Crippen molar-refractivity contribution < 1.29 is 0 Å². The molecule has 1 fully saturated rings. The average molecular weight is 207 g/mol. The van der Waals surface area contributed by atoms with Crippen molar-refractivity contribution in [3.05, 3.63) is 11.3 Å². The third kappa shape index (κ3) is 1.42. The highest BCUT2D eigenvalue weighted by Gasteiger charge is 2.24. The molecule has 1 unspecified atom stereocenters. The van der Waals surface area contributed by atoms with Gasteiger partial charge < -0.3 is 16.4 Å². The Balaban J connectivity index is 1.97. The van der Waals surface area contributed by atoms with E-state index in [1.54, 1.807) is 0 Å². The molecule has 3 heterocycles. The van der Waals surface area contributed by atoms with Crippen molar-refractivity contribution in [1.29, 1.82) is 0 Å². The first-order valence-corrected chi connectivity index (χ1v) is 5.63. The third-order valence-electron chi connectivity index (χ3n) is 3.35. The molecule has 1 atom stereocenters. The topological polar surface area (TPSA) is 67.9 Å². The molecule has 0 amide bonds. The van der Waals surface area contributed by atoms with Crippen molar-refractivity contribution >= 4 is 5.82 Å². The molecular formula is C10H17N5. The zero-order valence-corrected chi connectivity index (χ0v) is 8.79. The van der Waals surface area contributed by atoms with Crippen LogP contribution in [0.15, 0.2) is 0 Å². The number of nitrogens with zero attached hydrogens (tertiary/aromatic N) is 2. The first-order valence-electron chi connectivity index (χ1n) is 5.63.